The van der Waals surface area contributed by atoms with Gasteiger partial charge in [-0.15, -0.1) is 10.2 Å². The molecule has 0 aliphatic carbocycles. The number of ether oxygens (including phenoxy) is 1. The molecule has 4 rings (SSSR count). The number of para-hydroxylation sites is 1. The van der Waals surface area contributed by atoms with Gasteiger partial charge in [0.2, 0.25) is 0 Å². The Hall–Kier alpha value is -3.45. The highest BCUT2D eigenvalue weighted by Crippen LogP contribution is 2.29. The Morgan fingerprint density at radius 1 is 1.00 bits per heavy atom. The minimum atomic E-state index is -0.00951. The minimum absolute atomic E-state index is 0.00951. The summed E-state index contributed by atoms with van der Waals surface area (Å²) < 4.78 is 7.95. The summed E-state index contributed by atoms with van der Waals surface area (Å²) in [4.78, 5) is 15.9. The van der Waals surface area contributed by atoms with Gasteiger partial charge in [-0.3, -0.25) is 14.3 Å². The standard InChI is InChI=1S/C25H24N4O2S/c1-17-8-9-21(16-18(17)2)29-24(20-10-12-26-13-11-20)27-28-25(29)32-15-14-31-23-7-5-4-6-22(23)19(3)30/h4-13,16H,14-15H2,1-3H3. The molecular formula is C25H24N4O2S. The van der Waals surface area contributed by atoms with Crippen LogP contribution in [0.2, 0.25) is 0 Å². The number of nitrogens with zero attached hydrogens (tertiary/aromatic N) is 4. The molecule has 0 bridgehead atoms. The summed E-state index contributed by atoms with van der Waals surface area (Å²) in [5, 5.41) is 9.71. The van der Waals surface area contributed by atoms with Crippen LogP contribution in [0.25, 0.3) is 17.1 Å². The number of hydrogen-bond acceptors (Lipinski definition) is 6. The van der Waals surface area contributed by atoms with Crippen molar-refractivity contribution in [1.29, 1.82) is 0 Å². The number of hydrogen-bond donors (Lipinski definition) is 0. The second kappa shape index (κ2) is 9.78. The van der Waals surface area contributed by atoms with Gasteiger partial charge in [0, 0.05) is 23.7 Å². The number of benzene rings is 2. The fraction of sp³-hybridized carbons (Fsp3) is 0.200. The van der Waals surface area contributed by atoms with Crippen LogP contribution in [0.3, 0.4) is 0 Å². The first kappa shape index (κ1) is 21.8. The molecule has 32 heavy (non-hydrogen) atoms. The molecule has 0 aliphatic heterocycles. The topological polar surface area (TPSA) is 69.9 Å². The van der Waals surface area contributed by atoms with Gasteiger partial charge in [-0.1, -0.05) is 30.0 Å². The van der Waals surface area contributed by atoms with Crippen LogP contribution in [-0.2, 0) is 0 Å². The van der Waals surface area contributed by atoms with Crippen molar-refractivity contribution in [1.82, 2.24) is 19.7 Å². The molecule has 0 fully saturated rings. The molecule has 2 heterocycles. The van der Waals surface area contributed by atoms with Crippen molar-refractivity contribution in [2.75, 3.05) is 12.4 Å². The molecule has 6 nitrogen and oxygen atoms in total. The lowest BCUT2D eigenvalue weighted by atomic mass is 10.1. The minimum Gasteiger partial charge on any atom is -0.492 e. The largest absolute Gasteiger partial charge is 0.492 e. The fourth-order valence-corrected chi connectivity index (χ4v) is 4.09. The molecule has 0 N–H and O–H groups in total. The van der Waals surface area contributed by atoms with Gasteiger partial charge in [0.15, 0.2) is 16.8 Å². The lowest BCUT2D eigenvalue weighted by molar-refractivity contribution is 0.101. The number of aryl methyl sites for hydroxylation is 2. The van der Waals surface area contributed by atoms with E-state index in [9.17, 15) is 4.79 Å². The molecule has 0 radical (unpaired) electrons. The van der Waals surface area contributed by atoms with E-state index < -0.39 is 0 Å². The summed E-state index contributed by atoms with van der Waals surface area (Å²) in [6, 6.07) is 17.5. The lowest BCUT2D eigenvalue weighted by Crippen LogP contribution is -2.06. The van der Waals surface area contributed by atoms with Gasteiger partial charge in [-0.05, 0) is 68.3 Å². The third kappa shape index (κ3) is 4.73. The van der Waals surface area contributed by atoms with Gasteiger partial charge in [0.25, 0.3) is 0 Å². The van der Waals surface area contributed by atoms with E-state index in [0.717, 1.165) is 22.2 Å². The van der Waals surface area contributed by atoms with Crippen LogP contribution in [0.1, 0.15) is 28.4 Å². The first-order valence-electron chi connectivity index (χ1n) is 10.3. The summed E-state index contributed by atoms with van der Waals surface area (Å²) >= 11 is 1.56. The van der Waals surface area contributed by atoms with Crippen LogP contribution in [0.4, 0.5) is 0 Å². The predicted octanol–water partition coefficient (Wildman–Crippen LogP) is 5.32. The smallest absolute Gasteiger partial charge is 0.196 e. The number of pyridine rings is 1. The molecule has 0 aliphatic rings. The van der Waals surface area contributed by atoms with Crippen LogP contribution in [0.5, 0.6) is 5.75 Å². The van der Waals surface area contributed by atoms with E-state index >= 15 is 0 Å². The van der Waals surface area contributed by atoms with Crippen LogP contribution in [-0.4, -0.2) is 37.9 Å². The average Bonchev–Trinajstić information content (AvgIpc) is 3.23. The second-order valence-electron chi connectivity index (χ2n) is 7.40. The van der Waals surface area contributed by atoms with E-state index in [2.05, 4.69) is 51.8 Å². The van der Waals surface area contributed by atoms with Gasteiger partial charge in [0.05, 0.1) is 17.9 Å². The average molecular weight is 445 g/mol. The molecule has 2 aromatic heterocycles. The van der Waals surface area contributed by atoms with Gasteiger partial charge in [-0.25, -0.2) is 0 Å². The molecule has 0 spiro atoms. The molecule has 0 saturated carbocycles. The van der Waals surface area contributed by atoms with Crippen molar-refractivity contribution >= 4 is 17.5 Å². The number of Topliss-reactive ketones (excluding diaryl/α,β-unsaturated/α-hetero) is 1. The normalized spacial score (nSPS) is 10.8. The number of carbonyl (C=O) groups excluding carboxylic acids is 1. The number of aromatic nitrogens is 4. The molecule has 4 aromatic rings. The van der Waals surface area contributed by atoms with E-state index in [-0.39, 0.29) is 5.78 Å². The quantitative estimate of drug-likeness (QED) is 0.208. The highest BCUT2D eigenvalue weighted by atomic mass is 32.2. The van der Waals surface area contributed by atoms with Crippen LogP contribution >= 0.6 is 11.8 Å². The molecule has 0 saturated heterocycles. The third-order valence-electron chi connectivity index (χ3n) is 5.16. The maximum atomic E-state index is 11.8. The predicted molar refractivity (Wildman–Crippen MR) is 127 cm³/mol. The zero-order valence-corrected chi connectivity index (χ0v) is 19.1. The van der Waals surface area contributed by atoms with Gasteiger partial charge >= 0.3 is 0 Å². The Morgan fingerprint density at radius 2 is 1.78 bits per heavy atom. The summed E-state index contributed by atoms with van der Waals surface area (Å²) in [5.74, 6) is 2.02. The highest BCUT2D eigenvalue weighted by molar-refractivity contribution is 7.99. The lowest BCUT2D eigenvalue weighted by Gasteiger charge is -2.13. The van der Waals surface area contributed by atoms with E-state index in [0.29, 0.717) is 23.7 Å². The molecule has 162 valence electrons. The maximum absolute atomic E-state index is 11.8. The van der Waals surface area contributed by atoms with Crippen LogP contribution in [0, 0.1) is 13.8 Å². The number of carbonyl (C=O) groups is 1. The molecule has 2 aromatic carbocycles. The number of rotatable bonds is 8. The van der Waals surface area contributed by atoms with E-state index in [1.165, 1.54) is 11.1 Å². The Morgan fingerprint density at radius 3 is 2.53 bits per heavy atom. The van der Waals surface area contributed by atoms with Crippen LogP contribution in [0.15, 0.2) is 72.1 Å². The Bertz CT molecular complexity index is 1240. The summed E-state index contributed by atoms with van der Waals surface area (Å²) in [7, 11) is 0. The third-order valence-corrected chi connectivity index (χ3v) is 6.05. The second-order valence-corrected chi connectivity index (χ2v) is 8.46. The van der Waals surface area contributed by atoms with Crippen molar-refractivity contribution in [2.24, 2.45) is 0 Å². The summed E-state index contributed by atoms with van der Waals surface area (Å²) in [5.41, 5.74) is 4.99. The Kier molecular flexibility index (Phi) is 6.66. The van der Waals surface area contributed by atoms with Gasteiger partial charge in [0.1, 0.15) is 5.75 Å². The van der Waals surface area contributed by atoms with Gasteiger partial charge in [-0.2, -0.15) is 0 Å². The number of ketones is 1. The Balaban J connectivity index is 1.57. The van der Waals surface area contributed by atoms with Crippen molar-refractivity contribution in [2.45, 2.75) is 25.9 Å². The first-order valence-corrected chi connectivity index (χ1v) is 11.3. The van der Waals surface area contributed by atoms with Crippen LogP contribution < -0.4 is 4.74 Å². The van der Waals surface area contributed by atoms with E-state index in [4.69, 9.17) is 4.74 Å². The molecule has 0 amide bonds. The molecular weight excluding hydrogens is 420 g/mol. The SMILES string of the molecule is CC(=O)c1ccccc1OCCSc1nnc(-c2ccncc2)n1-c1ccc(C)c(C)c1. The molecule has 0 atom stereocenters. The zero-order valence-electron chi connectivity index (χ0n) is 18.3. The highest BCUT2D eigenvalue weighted by Gasteiger charge is 2.17. The summed E-state index contributed by atoms with van der Waals surface area (Å²) in [6.07, 6.45) is 3.50. The molecule has 0 unspecified atom stereocenters. The fourth-order valence-electron chi connectivity index (χ4n) is 3.32. The summed E-state index contributed by atoms with van der Waals surface area (Å²) in [6.45, 7) is 6.19. The molecule has 7 heteroatoms. The zero-order chi connectivity index (χ0) is 22.5. The maximum Gasteiger partial charge on any atom is 0.196 e. The Labute approximate surface area is 191 Å². The van der Waals surface area contributed by atoms with Crippen molar-refractivity contribution in [3.63, 3.8) is 0 Å². The van der Waals surface area contributed by atoms with E-state index in [1.54, 1.807) is 37.1 Å². The van der Waals surface area contributed by atoms with Crippen molar-refractivity contribution < 1.29 is 9.53 Å². The van der Waals surface area contributed by atoms with Gasteiger partial charge < -0.3 is 4.74 Å². The monoisotopic (exact) mass is 444 g/mol. The first-order chi connectivity index (χ1) is 15.5. The van der Waals surface area contributed by atoms with E-state index in [1.807, 2.05) is 30.3 Å². The number of thioether (sulfide) groups is 1. The van der Waals surface area contributed by atoms with Crippen molar-refractivity contribution in [3.8, 4) is 22.8 Å². The van der Waals surface area contributed by atoms with Crippen molar-refractivity contribution in [3.05, 3.63) is 83.7 Å².